The highest BCUT2D eigenvalue weighted by Gasteiger charge is 2.22. The Morgan fingerprint density at radius 3 is 2.38 bits per heavy atom. The molecule has 0 saturated carbocycles. The lowest BCUT2D eigenvalue weighted by Gasteiger charge is -2.25. The molecule has 0 saturated heterocycles. The molecule has 0 spiro atoms. The SMILES string of the molecule is CC(C)(C)c1csc(CNC(=O)NCC(O)C(C)(C)C)n1. The summed E-state index contributed by atoms with van der Waals surface area (Å²) in [5.41, 5.74) is 0.811. The quantitative estimate of drug-likeness (QED) is 0.800. The van der Waals surface area contributed by atoms with Gasteiger partial charge in [0.05, 0.1) is 18.3 Å². The van der Waals surface area contributed by atoms with E-state index < -0.39 is 6.10 Å². The van der Waals surface area contributed by atoms with Gasteiger partial charge < -0.3 is 15.7 Å². The number of aliphatic hydroxyl groups is 1. The molecule has 1 atom stereocenters. The number of hydrogen-bond donors (Lipinski definition) is 3. The number of carbonyl (C=O) groups excluding carboxylic acids is 1. The molecule has 0 aliphatic heterocycles. The molecule has 0 aliphatic rings. The van der Waals surface area contributed by atoms with Gasteiger partial charge in [0.2, 0.25) is 0 Å². The second-order valence-corrected chi connectivity index (χ2v) is 8.26. The van der Waals surface area contributed by atoms with Gasteiger partial charge in [-0.1, -0.05) is 41.5 Å². The second kappa shape index (κ2) is 6.75. The fourth-order valence-corrected chi connectivity index (χ4v) is 2.41. The summed E-state index contributed by atoms with van der Waals surface area (Å²) in [5.74, 6) is 0. The topological polar surface area (TPSA) is 74.2 Å². The van der Waals surface area contributed by atoms with E-state index in [1.54, 1.807) is 11.3 Å². The Morgan fingerprint density at radius 2 is 1.90 bits per heavy atom. The third kappa shape index (κ3) is 6.01. The van der Waals surface area contributed by atoms with Crippen LogP contribution in [0.2, 0.25) is 0 Å². The van der Waals surface area contributed by atoms with Crippen LogP contribution in [0.3, 0.4) is 0 Å². The number of nitrogens with zero attached hydrogens (tertiary/aromatic N) is 1. The van der Waals surface area contributed by atoms with Crippen molar-refractivity contribution in [3.8, 4) is 0 Å². The number of aliphatic hydroxyl groups excluding tert-OH is 1. The number of hydrogen-bond acceptors (Lipinski definition) is 4. The first kappa shape index (κ1) is 17.9. The predicted molar refractivity (Wildman–Crippen MR) is 86.5 cm³/mol. The Morgan fingerprint density at radius 1 is 1.29 bits per heavy atom. The van der Waals surface area contributed by atoms with E-state index in [4.69, 9.17) is 0 Å². The molecule has 0 fully saturated rings. The molecule has 3 N–H and O–H groups in total. The van der Waals surface area contributed by atoms with Crippen molar-refractivity contribution in [1.29, 1.82) is 0 Å². The van der Waals surface area contributed by atoms with Gasteiger partial charge in [-0.2, -0.15) is 0 Å². The van der Waals surface area contributed by atoms with Crippen molar-refractivity contribution in [2.75, 3.05) is 6.54 Å². The minimum Gasteiger partial charge on any atom is -0.391 e. The molecule has 0 bridgehead atoms. The van der Waals surface area contributed by atoms with Gasteiger partial charge in [-0.3, -0.25) is 0 Å². The van der Waals surface area contributed by atoms with Crippen molar-refractivity contribution < 1.29 is 9.90 Å². The van der Waals surface area contributed by atoms with Crippen LogP contribution in [0.5, 0.6) is 0 Å². The Labute approximate surface area is 131 Å². The van der Waals surface area contributed by atoms with Crippen LogP contribution in [0.4, 0.5) is 4.79 Å². The van der Waals surface area contributed by atoms with Crippen molar-refractivity contribution in [1.82, 2.24) is 15.6 Å². The number of carbonyl (C=O) groups is 1. The van der Waals surface area contributed by atoms with Crippen LogP contribution in [0.1, 0.15) is 52.2 Å². The summed E-state index contributed by atoms with van der Waals surface area (Å²) in [6.45, 7) is 12.8. The fourth-order valence-electron chi connectivity index (χ4n) is 1.45. The standard InChI is InChI=1S/C15H27N3O2S/c1-14(2,3)10-9-21-12(18-10)8-17-13(20)16-7-11(19)15(4,5)6/h9,11,19H,7-8H2,1-6H3,(H2,16,17,20). The average molecular weight is 313 g/mol. The summed E-state index contributed by atoms with van der Waals surface area (Å²) in [6.07, 6.45) is -0.574. The maximum absolute atomic E-state index is 11.7. The largest absolute Gasteiger partial charge is 0.391 e. The lowest BCUT2D eigenvalue weighted by molar-refractivity contribution is 0.0650. The van der Waals surface area contributed by atoms with E-state index >= 15 is 0 Å². The van der Waals surface area contributed by atoms with E-state index in [0.717, 1.165) is 10.7 Å². The van der Waals surface area contributed by atoms with Crippen molar-refractivity contribution >= 4 is 17.4 Å². The molecule has 1 rings (SSSR count). The zero-order valence-electron chi connectivity index (χ0n) is 13.8. The molecule has 6 heteroatoms. The third-order valence-corrected chi connectivity index (χ3v) is 4.02. The number of amides is 2. The number of rotatable bonds is 4. The van der Waals surface area contributed by atoms with E-state index in [9.17, 15) is 9.90 Å². The molecule has 1 heterocycles. The fraction of sp³-hybridized carbons (Fsp3) is 0.733. The minimum absolute atomic E-state index is 0.0217. The molecule has 1 aromatic rings. The van der Waals surface area contributed by atoms with Crippen LogP contribution in [0.25, 0.3) is 0 Å². The van der Waals surface area contributed by atoms with Crippen LogP contribution >= 0.6 is 11.3 Å². The van der Waals surface area contributed by atoms with Gasteiger partial charge in [-0.25, -0.2) is 9.78 Å². The summed E-state index contributed by atoms with van der Waals surface area (Å²) in [7, 11) is 0. The third-order valence-electron chi connectivity index (χ3n) is 3.18. The zero-order valence-corrected chi connectivity index (χ0v) is 14.6. The Bertz CT molecular complexity index is 472. The summed E-state index contributed by atoms with van der Waals surface area (Å²) in [6, 6.07) is -0.286. The number of thiazole rings is 1. The van der Waals surface area contributed by atoms with Crippen molar-refractivity contribution in [3.05, 3.63) is 16.1 Å². The highest BCUT2D eigenvalue weighted by molar-refractivity contribution is 7.09. The van der Waals surface area contributed by atoms with Gasteiger partial charge >= 0.3 is 6.03 Å². The van der Waals surface area contributed by atoms with Crippen LogP contribution in [-0.4, -0.2) is 28.8 Å². The Hall–Kier alpha value is -1.14. The van der Waals surface area contributed by atoms with Crippen LogP contribution in [0, 0.1) is 5.41 Å². The molecule has 1 unspecified atom stereocenters. The molecule has 2 amide bonds. The van der Waals surface area contributed by atoms with Crippen molar-refractivity contribution in [3.63, 3.8) is 0 Å². The number of aromatic nitrogens is 1. The normalized spacial score (nSPS) is 13.9. The zero-order chi connectivity index (χ0) is 16.3. The van der Waals surface area contributed by atoms with Gasteiger partial charge in [0.15, 0.2) is 0 Å². The van der Waals surface area contributed by atoms with E-state index in [0.29, 0.717) is 6.54 Å². The average Bonchev–Trinajstić information content (AvgIpc) is 2.80. The van der Waals surface area contributed by atoms with Gasteiger partial charge in [-0.15, -0.1) is 11.3 Å². The first-order chi connectivity index (χ1) is 9.50. The second-order valence-electron chi connectivity index (χ2n) is 7.32. The molecule has 21 heavy (non-hydrogen) atoms. The molecule has 5 nitrogen and oxygen atoms in total. The highest BCUT2D eigenvalue weighted by atomic mass is 32.1. The molecule has 120 valence electrons. The van der Waals surface area contributed by atoms with Crippen LogP contribution < -0.4 is 10.6 Å². The van der Waals surface area contributed by atoms with Gasteiger partial charge in [0.25, 0.3) is 0 Å². The van der Waals surface area contributed by atoms with Crippen molar-refractivity contribution in [2.24, 2.45) is 5.41 Å². The summed E-state index contributed by atoms with van der Waals surface area (Å²) < 4.78 is 0. The molecule has 1 aromatic heterocycles. The monoisotopic (exact) mass is 313 g/mol. The van der Waals surface area contributed by atoms with Gasteiger partial charge in [0, 0.05) is 17.3 Å². The Balaban J connectivity index is 2.39. The minimum atomic E-state index is -0.574. The van der Waals surface area contributed by atoms with Gasteiger partial charge in [0.1, 0.15) is 5.01 Å². The van der Waals surface area contributed by atoms with Crippen LogP contribution in [0.15, 0.2) is 5.38 Å². The summed E-state index contributed by atoms with van der Waals surface area (Å²) >= 11 is 1.54. The van der Waals surface area contributed by atoms with Gasteiger partial charge in [-0.05, 0) is 5.41 Å². The smallest absolute Gasteiger partial charge is 0.315 e. The lowest BCUT2D eigenvalue weighted by atomic mass is 9.89. The number of urea groups is 1. The lowest BCUT2D eigenvalue weighted by Crippen LogP contribution is -2.43. The maximum atomic E-state index is 11.7. The summed E-state index contributed by atoms with van der Waals surface area (Å²) in [5, 5.41) is 18.2. The molecular formula is C15H27N3O2S. The molecule has 0 aromatic carbocycles. The van der Waals surface area contributed by atoms with E-state index in [1.807, 2.05) is 26.2 Å². The molecular weight excluding hydrogens is 286 g/mol. The van der Waals surface area contributed by atoms with Crippen molar-refractivity contribution in [2.45, 2.75) is 59.6 Å². The molecule has 0 radical (unpaired) electrons. The number of nitrogens with one attached hydrogen (secondary N) is 2. The first-order valence-corrected chi connectivity index (χ1v) is 8.03. The Kier molecular flexibility index (Phi) is 5.75. The summed E-state index contributed by atoms with van der Waals surface area (Å²) in [4.78, 5) is 16.2. The van der Waals surface area contributed by atoms with Crippen LogP contribution in [-0.2, 0) is 12.0 Å². The predicted octanol–water partition coefficient (Wildman–Crippen LogP) is 2.65. The first-order valence-electron chi connectivity index (χ1n) is 7.15. The maximum Gasteiger partial charge on any atom is 0.315 e. The van der Waals surface area contributed by atoms with E-state index in [-0.39, 0.29) is 23.4 Å². The van der Waals surface area contributed by atoms with E-state index in [1.165, 1.54) is 0 Å². The van der Waals surface area contributed by atoms with E-state index in [2.05, 4.69) is 36.4 Å². The molecule has 0 aliphatic carbocycles. The highest BCUT2D eigenvalue weighted by Crippen LogP contribution is 2.23.